The van der Waals surface area contributed by atoms with Gasteiger partial charge in [-0.25, -0.2) is 13.1 Å². The molecule has 0 saturated heterocycles. The van der Waals surface area contributed by atoms with Crippen LogP contribution < -0.4 is 0 Å². The van der Waals surface area contributed by atoms with Crippen molar-refractivity contribution in [1.82, 2.24) is 9.78 Å². The molecule has 0 bridgehead atoms. The lowest BCUT2D eigenvalue weighted by molar-refractivity contribution is 0.103. The van der Waals surface area contributed by atoms with Crippen LogP contribution in [0.25, 0.3) is 0 Å². The third-order valence-electron chi connectivity index (χ3n) is 3.88. The maximum atomic E-state index is 12.7. The molecule has 0 amide bonds. The zero-order chi connectivity index (χ0) is 17.5. The molecule has 2 rings (SSSR count). The molecule has 1 heterocycles. The molecule has 0 aliphatic carbocycles. The minimum absolute atomic E-state index is 0.0769. The average Bonchev–Trinajstić information content (AvgIpc) is 2.81. The minimum atomic E-state index is -3.36. The highest BCUT2D eigenvalue weighted by Gasteiger charge is 2.23. The van der Waals surface area contributed by atoms with Crippen LogP contribution in [0.2, 0.25) is 0 Å². The van der Waals surface area contributed by atoms with E-state index in [9.17, 15) is 18.3 Å². The summed E-state index contributed by atoms with van der Waals surface area (Å²) in [4.78, 5) is 12.9. The average molecular weight is 336 g/mol. The van der Waals surface area contributed by atoms with Gasteiger partial charge in [0.25, 0.3) is 0 Å². The SMILES string of the molecule is Cc1c(C(=O)c2cnn(C(C)C)c2O)ccc(S(C)(=O)=O)c1C. The molecule has 0 aliphatic rings. The normalized spacial score (nSPS) is 11.9. The first kappa shape index (κ1) is 17.2. The number of sulfone groups is 1. The van der Waals surface area contributed by atoms with Gasteiger partial charge in [-0.05, 0) is 51.0 Å². The standard InChI is InChI=1S/C16H20N2O4S/c1-9(2)18-16(20)13(8-17-18)15(19)12-6-7-14(23(5,21)22)11(4)10(12)3/h6-9,20H,1-5H3. The summed E-state index contributed by atoms with van der Waals surface area (Å²) < 4.78 is 24.9. The summed E-state index contributed by atoms with van der Waals surface area (Å²) in [5.41, 5.74) is 1.57. The van der Waals surface area contributed by atoms with Crippen molar-refractivity contribution in [2.45, 2.75) is 38.6 Å². The predicted molar refractivity (Wildman–Crippen MR) is 86.7 cm³/mol. The Labute approximate surface area is 135 Å². The summed E-state index contributed by atoms with van der Waals surface area (Å²) in [6.45, 7) is 7.05. The van der Waals surface area contributed by atoms with Crippen molar-refractivity contribution in [2.24, 2.45) is 0 Å². The fourth-order valence-electron chi connectivity index (χ4n) is 2.48. The lowest BCUT2D eigenvalue weighted by atomic mass is 9.97. The molecule has 2 aromatic rings. The molecule has 0 atom stereocenters. The van der Waals surface area contributed by atoms with Gasteiger partial charge in [-0.2, -0.15) is 5.10 Å². The number of hydrogen-bond acceptors (Lipinski definition) is 5. The Morgan fingerprint density at radius 1 is 1.17 bits per heavy atom. The molecule has 0 fully saturated rings. The Kier molecular flexibility index (Phi) is 4.34. The van der Waals surface area contributed by atoms with E-state index in [4.69, 9.17) is 0 Å². The van der Waals surface area contributed by atoms with Gasteiger partial charge in [0, 0.05) is 11.8 Å². The molecule has 7 heteroatoms. The Morgan fingerprint density at radius 3 is 2.26 bits per heavy atom. The molecule has 0 unspecified atom stereocenters. The number of benzene rings is 1. The smallest absolute Gasteiger partial charge is 0.221 e. The molecule has 1 aromatic carbocycles. The van der Waals surface area contributed by atoms with E-state index in [1.54, 1.807) is 13.8 Å². The molecule has 6 nitrogen and oxygen atoms in total. The minimum Gasteiger partial charge on any atom is -0.493 e. The Bertz CT molecular complexity index is 880. The van der Waals surface area contributed by atoms with E-state index in [1.165, 1.54) is 23.0 Å². The van der Waals surface area contributed by atoms with Gasteiger partial charge < -0.3 is 5.11 Å². The van der Waals surface area contributed by atoms with Gasteiger partial charge in [-0.15, -0.1) is 0 Å². The van der Waals surface area contributed by atoms with Crippen molar-refractivity contribution in [1.29, 1.82) is 0 Å². The number of aromatic nitrogens is 2. The van der Waals surface area contributed by atoms with E-state index in [2.05, 4.69) is 5.10 Å². The van der Waals surface area contributed by atoms with Crippen LogP contribution in [0, 0.1) is 13.8 Å². The summed E-state index contributed by atoms with van der Waals surface area (Å²) in [6, 6.07) is 2.83. The molecule has 0 saturated carbocycles. The monoisotopic (exact) mass is 336 g/mol. The van der Waals surface area contributed by atoms with Gasteiger partial charge in [-0.3, -0.25) is 4.79 Å². The van der Waals surface area contributed by atoms with Crippen LogP contribution in [0.4, 0.5) is 0 Å². The second-order valence-electron chi connectivity index (χ2n) is 5.88. The molecule has 0 aliphatic heterocycles. The first-order chi connectivity index (χ1) is 10.6. The quantitative estimate of drug-likeness (QED) is 0.866. The summed E-state index contributed by atoms with van der Waals surface area (Å²) in [6.07, 6.45) is 2.46. The Morgan fingerprint density at radius 2 is 1.78 bits per heavy atom. The van der Waals surface area contributed by atoms with Crippen molar-refractivity contribution in [3.05, 3.63) is 40.6 Å². The van der Waals surface area contributed by atoms with E-state index in [0.717, 1.165) is 6.26 Å². The first-order valence-corrected chi connectivity index (χ1v) is 9.06. The number of aromatic hydroxyl groups is 1. The topological polar surface area (TPSA) is 89.3 Å². The van der Waals surface area contributed by atoms with Crippen LogP contribution in [0.15, 0.2) is 23.2 Å². The van der Waals surface area contributed by atoms with E-state index >= 15 is 0 Å². The zero-order valence-corrected chi connectivity index (χ0v) is 14.6. The van der Waals surface area contributed by atoms with Crippen LogP contribution in [-0.2, 0) is 9.84 Å². The molecule has 0 spiro atoms. The van der Waals surface area contributed by atoms with E-state index in [0.29, 0.717) is 16.7 Å². The molecule has 124 valence electrons. The number of rotatable bonds is 4. The molecular formula is C16H20N2O4S. The number of ketones is 1. The molecular weight excluding hydrogens is 316 g/mol. The summed E-state index contributed by atoms with van der Waals surface area (Å²) in [5.74, 6) is -0.565. The maximum absolute atomic E-state index is 12.7. The summed E-state index contributed by atoms with van der Waals surface area (Å²) >= 11 is 0. The van der Waals surface area contributed by atoms with Gasteiger partial charge in [-0.1, -0.05) is 0 Å². The predicted octanol–water partition coefficient (Wildman–Crippen LogP) is 2.42. The van der Waals surface area contributed by atoms with Crippen molar-refractivity contribution < 1.29 is 18.3 Å². The molecule has 1 N–H and O–H groups in total. The largest absolute Gasteiger partial charge is 0.493 e. The lowest BCUT2D eigenvalue weighted by Crippen LogP contribution is -2.09. The number of carbonyl (C=O) groups excluding carboxylic acids is 1. The van der Waals surface area contributed by atoms with Crippen molar-refractivity contribution in [3.8, 4) is 5.88 Å². The molecule has 23 heavy (non-hydrogen) atoms. The van der Waals surface area contributed by atoms with Crippen LogP contribution in [0.3, 0.4) is 0 Å². The Hall–Kier alpha value is -2.15. The van der Waals surface area contributed by atoms with Crippen LogP contribution in [-0.4, -0.2) is 35.3 Å². The third-order valence-corrected chi connectivity index (χ3v) is 5.13. The molecule has 0 radical (unpaired) electrons. The number of carbonyl (C=O) groups is 1. The highest BCUT2D eigenvalue weighted by atomic mass is 32.2. The first-order valence-electron chi connectivity index (χ1n) is 7.17. The number of nitrogens with zero attached hydrogens (tertiary/aromatic N) is 2. The zero-order valence-electron chi connectivity index (χ0n) is 13.8. The van der Waals surface area contributed by atoms with E-state index in [-0.39, 0.29) is 28.2 Å². The Balaban J connectivity index is 2.56. The third kappa shape index (κ3) is 3.01. The van der Waals surface area contributed by atoms with Gasteiger partial charge in [0.05, 0.1) is 17.1 Å². The van der Waals surface area contributed by atoms with Crippen LogP contribution in [0.5, 0.6) is 5.88 Å². The van der Waals surface area contributed by atoms with Crippen molar-refractivity contribution in [3.63, 3.8) is 0 Å². The van der Waals surface area contributed by atoms with Gasteiger partial charge in [0.15, 0.2) is 15.6 Å². The van der Waals surface area contributed by atoms with Crippen LogP contribution in [0.1, 0.15) is 46.9 Å². The lowest BCUT2D eigenvalue weighted by Gasteiger charge is -2.12. The van der Waals surface area contributed by atoms with Gasteiger partial charge in [0.1, 0.15) is 5.56 Å². The molecule has 1 aromatic heterocycles. The highest BCUT2D eigenvalue weighted by Crippen LogP contribution is 2.27. The number of hydrogen-bond donors (Lipinski definition) is 1. The fraction of sp³-hybridized carbons (Fsp3) is 0.375. The van der Waals surface area contributed by atoms with E-state index < -0.39 is 9.84 Å². The summed E-state index contributed by atoms with van der Waals surface area (Å²) in [5, 5.41) is 14.2. The fourth-order valence-corrected chi connectivity index (χ4v) is 3.51. The second kappa shape index (κ2) is 5.81. The van der Waals surface area contributed by atoms with Crippen molar-refractivity contribution >= 4 is 15.6 Å². The maximum Gasteiger partial charge on any atom is 0.221 e. The van der Waals surface area contributed by atoms with Gasteiger partial charge in [0.2, 0.25) is 5.88 Å². The highest BCUT2D eigenvalue weighted by molar-refractivity contribution is 7.90. The summed E-state index contributed by atoms with van der Waals surface area (Å²) in [7, 11) is -3.36. The van der Waals surface area contributed by atoms with Crippen LogP contribution >= 0.6 is 0 Å². The second-order valence-corrected chi connectivity index (χ2v) is 7.87. The van der Waals surface area contributed by atoms with E-state index in [1.807, 2.05) is 13.8 Å². The van der Waals surface area contributed by atoms with Gasteiger partial charge >= 0.3 is 0 Å². The van der Waals surface area contributed by atoms with Crippen molar-refractivity contribution in [2.75, 3.05) is 6.26 Å².